The maximum atomic E-state index is 11.8. The number of nitrogens with one attached hydrogen (secondary N) is 1. The van der Waals surface area contributed by atoms with Crippen LogP contribution in [0.1, 0.15) is 42.6 Å². The van der Waals surface area contributed by atoms with Crippen molar-refractivity contribution in [2.45, 2.75) is 33.6 Å². The third-order valence-corrected chi connectivity index (χ3v) is 2.62. The first kappa shape index (κ1) is 14.8. The van der Waals surface area contributed by atoms with Gasteiger partial charge in [0.25, 0.3) is 11.6 Å². The van der Waals surface area contributed by atoms with Crippen LogP contribution in [0.15, 0.2) is 23.3 Å². The van der Waals surface area contributed by atoms with E-state index in [9.17, 15) is 14.9 Å². The van der Waals surface area contributed by atoms with Gasteiger partial charge in [0, 0.05) is 22.9 Å². The Labute approximate surface area is 111 Å². The van der Waals surface area contributed by atoms with Crippen LogP contribution in [0.4, 0.5) is 5.69 Å². The molecule has 1 aromatic carbocycles. The Kier molecular flexibility index (Phi) is 5.17. The van der Waals surface area contributed by atoms with Crippen molar-refractivity contribution in [2.75, 3.05) is 0 Å². The predicted molar refractivity (Wildman–Crippen MR) is 73.3 cm³/mol. The zero-order valence-electron chi connectivity index (χ0n) is 11.3. The van der Waals surface area contributed by atoms with Gasteiger partial charge in [-0.3, -0.25) is 14.9 Å². The third-order valence-electron chi connectivity index (χ3n) is 2.62. The molecule has 6 heteroatoms. The van der Waals surface area contributed by atoms with Crippen LogP contribution in [-0.2, 0) is 0 Å². The minimum absolute atomic E-state index is 0.00205. The van der Waals surface area contributed by atoms with Gasteiger partial charge in [-0.25, -0.2) is 5.43 Å². The topological polar surface area (TPSA) is 84.6 Å². The lowest BCUT2D eigenvalue weighted by atomic mass is 10.1. The van der Waals surface area contributed by atoms with E-state index in [1.165, 1.54) is 18.2 Å². The molecule has 0 aliphatic heterocycles. The van der Waals surface area contributed by atoms with Crippen molar-refractivity contribution in [2.24, 2.45) is 5.10 Å². The summed E-state index contributed by atoms with van der Waals surface area (Å²) in [7, 11) is 0. The Morgan fingerprint density at radius 2 is 2.16 bits per heavy atom. The zero-order valence-corrected chi connectivity index (χ0v) is 11.3. The van der Waals surface area contributed by atoms with Crippen LogP contribution in [-0.4, -0.2) is 16.5 Å². The second-order valence-corrected chi connectivity index (χ2v) is 4.30. The molecule has 0 radical (unpaired) electrons. The van der Waals surface area contributed by atoms with Crippen LogP contribution >= 0.6 is 0 Å². The third kappa shape index (κ3) is 4.17. The van der Waals surface area contributed by atoms with Crippen molar-refractivity contribution >= 4 is 17.3 Å². The molecule has 0 aromatic heterocycles. The van der Waals surface area contributed by atoms with Gasteiger partial charge in [0.05, 0.1) is 4.92 Å². The van der Waals surface area contributed by atoms with Crippen molar-refractivity contribution in [1.29, 1.82) is 0 Å². The quantitative estimate of drug-likeness (QED) is 0.503. The number of hydrogen-bond donors (Lipinski definition) is 1. The first-order valence-corrected chi connectivity index (χ1v) is 6.04. The maximum Gasteiger partial charge on any atom is 0.272 e. The molecule has 0 saturated heterocycles. The minimum Gasteiger partial charge on any atom is -0.267 e. The van der Waals surface area contributed by atoms with Crippen molar-refractivity contribution in [3.8, 4) is 0 Å². The molecular weight excluding hydrogens is 246 g/mol. The molecule has 102 valence electrons. The molecule has 0 aliphatic rings. The molecule has 1 amide bonds. The average molecular weight is 263 g/mol. The summed E-state index contributed by atoms with van der Waals surface area (Å²) in [6.07, 6.45) is 1.78. The fourth-order valence-corrected chi connectivity index (χ4v) is 1.63. The summed E-state index contributed by atoms with van der Waals surface area (Å²) < 4.78 is 0. The number of nitrogens with zero attached hydrogens (tertiary/aromatic N) is 2. The summed E-state index contributed by atoms with van der Waals surface area (Å²) in [5.41, 5.74) is 4.09. The largest absolute Gasteiger partial charge is 0.272 e. The SMILES string of the molecule is CCCC(C)=NNC(=O)c1ccc([N+](=O)[O-])c(C)c1. The van der Waals surface area contributed by atoms with Gasteiger partial charge < -0.3 is 0 Å². The summed E-state index contributed by atoms with van der Waals surface area (Å²) in [6, 6.07) is 4.23. The van der Waals surface area contributed by atoms with Crippen molar-refractivity contribution in [3.05, 3.63) is 39.4 Å². The van der Waals surface area contributed by atoms with Gasteiger partial charge in [-0.1, -0.05) is 13.3 Å². The van der Waals surface area contributed by atoms with E-state index in [0.29, 0.717) is 11.1 Å². The predicted octanol–water partition coefficient (Wildman–Crippen LogP) is 2.81. The van der Waals surface area contributed by atoms with Gasteiger partial charge >= 0.3 is 0 Å². The lowest BCUT2D eigenvalue weighted by Gasteiger charge is -2.03. The smallest absolute Gasteiger partial charge is 0.267 e. The number of nitro groups is 1. The highest BCUT2D eigenvalue weighted by Crippen LogP contribution is 2.18. The van der Waals surface area contributed by atoms with Crippen LogP contribution in [0.5, 0.6) is 0 Å². The summed E-state index contributed by atoms with van der Waals surface area (Å²) in [5.74, 6) is -0.367. The summed E-state index contributed by atoms with van der Waals surface area (Å²) >= 11 is 0. The first-order chi connectivity index (χ1) is 8.95. The van der Waals surface area contributed by atoms with E-state index in [2.05, 4.69) is 10.5 Å². The molecule has 0 unspecified atom stereocenters. The zero-order chi connectivity index (χ0) is 14.4. The van der Waals surface area contributed by atoms with E-state index in [1.807, 2.05) is 13.8 Å². The average Bonchev–Trinajstić information content (AvgIpc) is 2.35. The van der Waals surface area contributed by atoms with Gasteiger partial charge in [-0.05, 0) is 32.4 Å². The standard InChI is InChI=1S/C13H17N3O3/c1-4-5-10(3)14-15-13(17)11-6-7-12(16(18)19)9(2)8-11/h6-8H,4-5H2,1-3H3,(H,15,17). The fourth-order valence-electron chi connectivity index (χ4n) is 1.63. The van der Waals surface area contributed by atoms with Crippen LogP contribution in [0.25, 0.3) is 0 Å². The number of hydrogen-bond acceptors (Lipinski definition) is 4. The Hall–Kier alpha value is -2.24. The normalized spacial score (nSPS) is 11.2. The van der Waals surface area contributed by atoms with E-state index in [1.54, 1.807) is 6.92 Å². The molecule has 0 spiro atoms. The molecule has 0 atom stereocenters. The van der Waals surface area contributed by atoms with Crippen molar-refractivity contribution in [1.82, 2.24) is 5.43 Å². The second-order valence-electron chi connectivity index (χ2n) is 4.30. The molecule has 0 bridgehead atoms. The highest BCUT2D eigenvalue weighted by atomic mass is 16.6. The van der Waals surface area contributed by atoms with Gasteiger partial charge in [0.2, 0.25) is 0 Å². The number of carbonyl (C=O) groups is 1. The Morgan fingerprint density at radius 1 is 1.47 bits per heavy atom. The molecule has 1 aromatic rings. The van der Waals surface area contributed by atoms with E-state index in [-0.39, 0.29) is 11.6 Å². The number of aryl methyl sites for hydroxylation is 1. The molecule has 1 rings (SSSR count). The van der Waals surface area contributed by atoms with Crippen LogP contribution in [0.3, 0.4) is 0 Å². The van der Waals surface area contributed by atoms with Gasteiger partial charge in [-0.2, -0.15) is 5.10 Å². The number of amides is 1. The number of benzene rings is 1. The van der Waals surface area contributed by atoms with E-state index < -0.39 is 4.92 Å². The summed E-state index contributed by atoms with van der Waals surface area (Å²) in [6.45, 7) is 5.46. The highest BCUT2D eigenvalue weighted by Gasteiger charge is 2.13. The molecule has 0 heterocycles. The number of hydrazone groups is 1. The molecule has 6 nitrogen and oxygen atoms in total. The minimum atomic E-state index is -0.472. The summed E-state index contributed by atoms with van der Waals surface area (Å²) in [5, 5.41) is 14.6. The van der Waals surface area contributed by atoms with Crippen LogP contribution in [0, 0.1) is 17.0 Å². The lowest BCUT2D eigenvalue weighted by Crippen LogP contribution is -2.19. The van der Waals surface area contributed by atoms with Gasteiger partial charge in [0.15, 0.2) is 0 Å². The highest BCUT2D eigenvalue weighted by molar-refractivity contribution is 5.95. The molecule has 1 N–H and O–H groups in total. The number of carbonyl (C=O) groups excluding carboxylic acids is 1. The number of rotatable bonds is 5. The first-order valence-electron chi connectivity index (χ1n) is 6.04. The Balaban J connectivity index is 2.81. The molecule has 0 saturated carbocycles. The van der Waals surface area contributed by atoms with E-state index in [4.69, 9.17) is 0 Å². The number of nitro benzene ring substituents is 1. The Morgan fingerprint density at radius 3 is 2.68 bits per heavy atom. The van der Waals surface area contributed by atoms with Gasteiger partial charge in [-0.15, -0.1) is 0 Å². The lowest BCUT2D eigenvalue weighted by molar-refractivity contribution is -0.385. The summed E-state index contributed by atoms with van der Waals surface area (Å²) in [4.78, 5) is 22.0. The van der Waals surface area contributed by atoms with Crippen molar-refractivity contribution in [3.63, 3.8) is 0 Å². The van der Waals surface area contributed by atoms with E-state index in [0.717, 1.165) is 18.6 Å². The molecule has 0 fully saturated rings. The Bertz CT molecular complexity index is 524. The van der Waals surface area contributed by atoms with Crippen LogP contribution < -0.4 is 5.43 Å². The maximum absolute atomic E-state index is 11.8. The molecule has 19 heavy (non-hydrogen) atoms. The second kappa shape index (κ2) is 6.63. The van der Waals surface area contributed by atoms with Gasteiger partial charge in [0.1, 0.15) is 0 Å². The van der Waals surface area contributed by atoms with E-state index >= 15 is 0 Å². The fraction of sp³-hybridized carbons (Fsp3) is 0.385. The molecular formula is C13H17N3O3. The van der Waals surface area contributed by atoms with Crippen molar-refractivity contribution < 1.29 is 9.72 Å². The molecule has 0 aliphatic carbocycles. The monoisotopic (exact) mass is 263 g/mol. The van der Waals surface area contributed by atoms with Crippen LogP contribution in [0.2, 0.25) is 0 Å².